The Labute approximate surface area is 96.1 Å². The first-order chi connectivity index (χ1) is 7.81. The van der Waals surface area contributed by atoms with E-state index in [1.807, 2.05) is 12.1 Å². The summed E-state index contributed by atoms with van der Waals surface area (Å²) in [6, 6.07) is 8.01. The maximum absolute atomic E-state index is 9.23. The summed E-state index contributed by atoms with van der Waals surface area (Å²) in [7, 11) is 0. The molecule has 3 unspecified atom stereocenters. The molecule has 0 amide bonds. The Hall–Kier alpha value is -1.22. The van der Waals surface area contributed by atoms with Crippen LogP contribution in [0.2, 0.25) is 0 Å². The van der Waals surface area contributed by atoms with Gasteiger partial charge >= 0.3 is 0 Å². The number of hydrogen-bond acceptors (Lipinski definition) is 3. The third kappa shape index (κ3) is 1.87. The Morgan fingerprint density at radius 3 is 2.69 bits per heavy atom. The maximum Gasteiger partial charge on any atom is 0.115 e. The van der Waals surface area contributed by atoms with Crippen LogP contribution in [0.15, 0.2) is 24.3 Å². The predicted molar refractivity (Wildman–Crippen MR) is 64.7 cm³/mol. The van der Waals surface area contributed by atoms with Crippen molar-refractivity contribution in [2.24, 2.45) is 5.92 Å². The monoisotopic (exact) mass is 218 g/mol. The number of nitrogens with one attached hydrogen (secondary N) is 1. The number of fused-ring (bicyclic) bond motifs is 2. The number of anilines is 1. The first kappa shape index (κ1) is 9.97. The van der Waals surface area contributed by atoms with E-state index >= 15 is 0 Å². The molecule has 1 aromatic carbocycles. The van der Waals surface area contributed by atoms with Gasteiger partial charge < -0.3 is 15.3 Å². The van der Waals surface area contributed by atoms with Crippen LogP contribution in [0.3, 0.4) is 0 Å². The largest absolute Gasteiger partial charge is 0.508 e. The van der Waals surface area contributed by atoms with Crippen LogP contribution in [0.4, 0.5) is 5.69 Å². The zero-order chi connectivity index (χ0) is 11.0. The molecule has 2 aliphatic rings. The van der Waals surface area contributed by atoms with Gasteiger partial charge in [0.25, 0.3) is 0 Å². The van der Waals surface area contributed by atoms with Gasteiger partial charge in [0.15, 0.2) is 0 Å². The molecule has 2 fully saturated rings. The minimum atomic E-state index is 0.334. The van der Waals surface area contributed by atoms with Gasteiger partial charge in [-0.25, -0.2) is 0 Å². The van der Waals surface area contributed by atoms with E-state index in [4.69, 9.17) is 0 Å². The number of nitrogens with zero attached hydrogens (tertiary/aromatic N) is 1. The summed E-state index contributed by atoms with van der Waals surface area (Å²) in [5.41, 5.74) is 1.13. The smallest absolute Gasteiger partial charge is 0.115 e. The van der Waals surface area contributed by atoms with Gasteiger partial charge in [-0.3, -0.25) is 0 Å². The summed E-state index contributed by atoms with van der Waals surface area (Å²) in [5, 5.41) is 12.8. The van der Waals surface area contributed by atoms with Crippen LogP contribution in [0.25, 0.3) is 0 Å². The van der Waals surface area contributed by atoms with Gasteiger partial charge in [0.2, 0.25) is 0 Å². The standard InChI is InChI=1S/C13H18N2O/c16-12-3-1-11(2-4-12)14-13-6-8-15-7-5-10(13)9-15/h1-4,10,13-14,16H,5-9H2. The second kappa shape index (κ2) is 3.98. The van der Waals surface area contributed by atoms with Crippen molar-refractivity contribution in [1.82, 2.24) is 4.90 Å². The number of piperidine rings is 1. The lowest BCUT2D eigenvalue weighted by atomic mass is 9.94. The minimum absolute atomic E-state index is 0.334. The third-order valence-corrected chi connectivity index (χ3v) is 3.85. The van der Waals surface area contributed by atoms with Crippen LogP contribution in [0, 0.1) is 5.92 Å². The Bertz CT molecular complexity index is 363. The molecule has 3 atom stereocenters. The van der Waals surface area contributed by atoms with Crippen LogP contribution in [-0.4, -0.2) is 35.7 Å². The Morgan fingerprint density at radius 2 is 1.88 bits per heavy atom. The van der Waals surface area contributed by atoms with Crippen LogP contribution >= 0.6 is 0 Å². The molecule has 2 heterocycles. The molecule has 0 saturated carbocycles. The van der Waals surface area contributed by atoms with Gasteiger partial charge in [0.1, 0.15) is 5.75 Å². The van der Waals surface area contributed by atoms with E-state index < -0.39 is 0 Å². The quantitative estimate of drug-likeness (QED) is 0.744. The van der Waals surface area contributed by atoms with Crippen molar-refractivity contribution in [2.75, 3.05) is 25.0 Å². The third-order valence-electron chi connectivity index (χ3n) is 3.85. The second-order valence-electron chi connectivity index (χ2n) is 4.94. The van der Waals surface area contributed by atoms with E-state index in [1.165, 1.54) is 32.5 Å². The molecule has 3 nitrogen and oxygen atoms in total. The van der Waals surface area contributed by atoms with E-state index in [1.54, 1.807) is 12.1 Å². The Morgan fingerprint density at radius 1 is 1.12 bits per heavy atom. The molecular weight excluding hydrogens is 200 g/mol. The molecule has 16 heavy (non-hydrogen) atoms. The lowest BCUT2D eigenvalue weighted by Crippen LogP contribution is -2.39. The summed E-state index contributed by atoms with van der Waals surface area (Å²) in [6.45, 7) is 3.76. The summed E-state index contributed by atoms with van der Waals surface area (Å²) >= 11 is 0. The highest BCUT2D eigenvalue weighted by molar-refractivity contribution is 5.47. The molecule has 86 valence electrons. The molecule has 2 saturated heterocycles. The van der Waals surface area contributed by atoms with Crippen LogP contribution in [0.1, 0.15) is 12.8 Å². The molecule has 2 N–H and O–H groups in total. The molecule has 0 aromatic heterocycles. The fourth-order valence-corrected chi connectivity index (χ4v) is 2.91. The lowest BCUT2D eigenvalue weighted by Gasteiger charge is -2.31. The fourth-order valence-electron chi connectivity index (χ4n) is 2.91. The molecule has 3 rings (SSSR count). The van der Waals surface area contributed by atoms with Crippen molar-refractivity contribution in [3.8, 4) is 5.75 Å². The van der Waals surface area contributed by atoms with Crippen LogP contribution in [-0.2, 0) is 0 Å². The number of phenolic OH excluding ortho intramolecular Hbond substituents is 1. The van der Waals surface area contributed by atoms with E-state index in [-0.39, 0.29) is 0 Å². The van der Waals surface area contributed by atoms with Gasteiger partial charge in [-0.1, -0.05) is 0 Å². The summed E-state index contributed by atoms with van der Waals surface area (Å²) in [6.07, 6.45) is 2.57. The molecule has 2 bridgehead atoms. The molecule has 0 spiro atoms. The minimum Gasteiger partial charge on any atom is -0.508 e. The van der Waals surface area contributed by atoms with Crippen molar-refractivity contribution in [3.05, 3.63) is 24.3 Å². The Kier molecular flexibility index (Phi) is 2.48. The zero-order valence-corrected chi connectivity index (χ0v) is 9.39. The summed E-state index contributed by atoms with van der Waals surface area (Å²) < 4.78 is 0. The first-order valence-corrected chi connectivity index (χ1v) is 6.09. The average Bonchev–Trinajstić information content (AvgIpc) is 2.69. The number of rotatable bonds is 2. The predicted octanol–water partition coefficient (Wildman–Crippen LogP) is 1.90. The molecule has 0 radical (unpaired) electrons. The van der Waals surface area contributed by atoms with E-state index in [2.05, 4.69) is 10.2 Å². The van der Waals surface area contributed by atoms with Crippen molar-refractivity contribution in [3.63, 3.8) is 0 Å². The molecule has 2 aliphatic heterocycles. The molecular formula is C13H18N2O. The average molecular weight is 218 g/mol. The number of hydrogen-bond donors (Lipinski definition) is 2. The van der Waals surface area contributed by atoms with Crippen molar-refractivity contribution < 1.29 is 5.11 Å². The van der Waals surface area contributed by atoms with Crippen LogP contribution < -0.4 is 5.32 Å². The zero-order valence-electron chi connectivity index (χ0n) is 9.39. The van der Waals surface area contributed by atoms with Crippen LogP contribution in [0.5, 0.6) is 5.75 Å². The molecule has 0 aliphatic carbocycles. The van der Waals surface area contributed by atoms with E-state index in [9.17, 15) is 5.11 Å². The van der Waals surface area contributed by atoms with Gasteiger partial charge in [-0.05, 0) is 49.6 Å². The normalized spacial score (nSPS) is 32.6. The number of phenols is 1. The fraction of sp³-hybridized carbons (Fsp3) is 0.538. The Balaban J connectivity index is 1.68. The highest BCUT2D eigenvalue weighted by Gasteiger charge is 2.33. The highest BCUT2D eigenvalue weighted by atomic mass is 16.3. The van der Waals surface area contributed by atoms with Gasteiger partial charge in [0.05, 0.1) is 0 Å². The van der Waals surface area contributed by atoms with Crippen molar-refractivity contribution in [1.29, 1.82) is 0 Å². The topological polar surface area (TPSA) is 35.5 Å². The second-order valence-corrected chi connectivity index (χ2v) is 4.94. The van der Waals surface area contributed by atoms with Crippen molar-refractivity contribution >= 4 is 5.69 Å². The van der Waals surface area contributed by atoms with Crippen molar-refractivity contribution in [2.45, 2.75) is 18.9 Å². The first-order valence-electron chi connectivity index (χ1n) is 6.09. The maximum atomic E-state index is 9.23. The SMILES string of the molecule is Oc1ccc(NC2CCN3CCC2C3)cc1. The highest BCUT2D eigenvalue weighted by Crippen LogP contribution is 2.29. The van der Waals surface area contributed by atoms with E-state index in [0.29, 0.717) is 11.8 Å². The summed E-state index contributed by atoms with van der Waals surface area (Å²) in [4.78, 5) is 2.56. The van der Waals surface area contributed by atoms with Gasteiger partial charge in [-0.2, -0.15) is 0 Å². The van der Waals surface area contributed by atoms with Gasteiger partial charge in [-0.15, -0.1) is 0 Å². The summed E-state index contributed by atoms with van der Waals surface area (Å²) in [5.74, 6) is 1.14. The van der Waals surface area contributed by atoms with E-state index in [0.717, 1.165) is 11.6 Å². The van der Waals surface area contributed by atoms with Gasteiger partial charge in [0, 0.05) is 24.8 Å². The number of benzene rings is 1. The lowest BCUT2D eigenvalue weighted by molar-refractivity contribution is 0.255. The number of aromatic hydroxyl groups is 1. The molecule has 1 aromatic rings. The molecule has 3 heteroatoms.